The van der Waals surface area contributed by atoms with Crippen LogP contribution in [0.3, 0.4) is 0 Å². The molecule has 0 aromatic heterocycles. The van der Waals surface area contributed by atoms with Crippen LogP contribution in [0.1, 0.15) is 40.0 Å². The molecule has 0 aliphatic heterocycles. The summed E-state index contributed by atoms with van der Waals surface area (Å²) in [5, 5.41) is 13.1. The van der Waals surface area contributed by atoms with Crippen molar-refractivity contribution in [2.75, 3.05) is 13.7 Å². The third-order valence-electron chi connectivity index (χ3n) is 3.33. The van der Waals surface area contributed by atoms with Crippen molar-refractivity contribution >= 4 is 5.97 Å². The van der Waals surface area contributed by atoms with Crippen molar-refractivity contribution in [3.63, 3.8) is 0 Å². The van der Waals surface area contributed by atoms with Crippen LogP contribution in [-0.4, -0.2) is 36.4 Å². The molecular formula is C12H23NO3. The summed E-state index contributed by atoms with van der Waals surface area (Å²) in [6, 6.07) is 0.395. The van der Waals surface area contributed by atoms with Crippen molar-refractivity contribution < 1.29 is 14.6 Å². The number of ether oxygens (including phenoxy) is 1. The highest BCUT2D eigenvalue weighted by Crippen LogP contribution is 2.36. The monoisotopic (exact) mass is 229 g/mol. The van der Waals surface area contributed by atoms with E-state index < -0.39 is 11.6 Å². The highest BCUT2D eigenvalue weighted by molar-refractivity contribution is 5.78. The Balaban J connectivity index is 2.38. The second-order valence-electron chi connectivity index (χ2n) is 5.75. The second kappa shape index (κ2) is 4.72. The zero-order chi connectivity index (χ0) is 12.4. The third kappa shape index (κ3) is 3.46. The predicted octanol–water partition coefficient (Wildman–Crippen LogP) is 1.08. The lowest BCUT2D eigenvalue weighted by Gasteiger charge is -2.24. The van der Waals surface area contributed by atoms with Crippen LogP contribution in [0.4, 0.5) is 0 Å². The van der Waals surface area contributed by atoms with Crippen molar-refractivity contribution in [2.24, 2.45) is 5.41 Å². The maximum atomic E-state index is 11.3. The lowest BCUT2D eigenvalue weighted by atomic mass is 9.92. The minimum atomic E-state index is -1.43. The van der Waals surface area contributed by atoms with Gasteiger partial charge < -0.3 is 15.2 Å². The van der Waals surface area contributed by atoms with Crippen LogP contribution in [0.2, 0.25) is 0 Å². The molecule has 0 aromatic carbocycles. The fourth-order valence-electron chi connectivity index (χ4n) is 2.25. The van der Waals surface area contributed by atoms with Gasteiger partial charge in [0.05, 0.1) is 7.11 Å². The number of hydrogen-bond acceptors (Lipinski definition) is 4. The maximum Gasteiger partial charge on any atom is 0.338 e. The van der Waals surface area contributed by atoms with E-state index in [-0.39, 0.29) is 6.54 Å². The minimum absolute atomic E-state index is 0.250. The maximum absolute atomic E-state index is 11.3. The van der Waals surface area contributed by atoms with Crippen LogP contribution < -0.4 is 5.32 Å². The lowest BCUT2D eigenvalue weighted by Crippen LogP contribution is -2.48. The van der Waals surface area contributed by atoms with Crippen LogP contribution >= 0.6 is 0 Å². The Morgan fingerprint density at radius 2 is 2.25 bits per heavy atom. The number of carbonyl (C=O) groups is 1. The summed E-state index contributed by atoms with van der Waals surface area (Å²) < 4.78 is 4.54. The summed E-state index contributed by atoms with van der Waals surface area (Å²) in [7, 11) is 1.29. The number of rotatable bonds is 4. The molecule has 0 radical (unpaired) electrons. The van der Waals surface area contributed by atoms with E-state index in [1.165, 1.54) is 20.5 Å². The fourth-order valence-corrected chi connectivity index (χ4v) is 2.25. The van der Waals surface area contributed by atoms with Crippen LogP contribution in [0.5, 0.6) is 0 Å². The first-order chi connectivity index (χ1) is 7.27. The number of aliphatic hydroxyl groups is 1. The van der Waals surface area contributed by atoms with Crippen LogP contribution in [0.25, 0.3) is 0 Å². The molecular weight excluding hydrogens is 206 g/mol. The number of methoxy groups -OCH3 is 1. The Bertz CT molecular complexity index is 261. The zero-order valence-electron chi connectivity index (χ0n) is 10.7. The van der Waals surface area contributed by atoms with Gasteiger partial charge in [0.25, 0.3) is 0 Å². The Kier molecular flexibility index (Phi) is 3.97. The average Bonchev–Trinajstić information content (AvgIpc) is 2.54. The minimum Gasteiger partial charge on any atom is -0.467 e. The lowest BCUT2D eigenvalue weighted by molar-refractivity contribution is -0.160. The van der Waals surface area contributed by atoms with Gasteiger partial charge >= 0.3 is 5.97 Å². The van der Waals surface area contributed by atoms with Crippen LogP contribution in [0, 0.1) is 5.41 Å². The highest BCUT2D eigenvalue weighted by atomic mass is 16.5. The summed E-state index contributed by atoms with van der Waals surface area (Å²) in [4.78, 5) is 11.3. The zero-order valence-corrected chi connectivity index (χ0v) is 10.7. The van der Waals surface area contributed by atoms with Crippen LogP contribution in [0.15, 0.2) is 0 Å². The van der Waals surface area contributed by atoms with Gasteiger partial charge in [-0.1, -0.05) is 13.8 Å². The molecule has 0 spiro atoms. The molecule has 0 aromatic rings. The summed E-state index contributed by atoms with van der Waals surface area (Å²) in [5.74, 6) is -0.586. The molecule has 2 unspecified atom stereocenters. The summed E-state index contributed by atoms with van der Waals surface area (Å²) in [6.45, 7) is 6.21. The standard InChI is InChI=1S/C12H23NO3/c1-11(2)6-5-9(7-11)13-8-12(3,15)10(14)16-4/h9,13,15H,5-8H2,1-4H3. The summed E-state index contributed by atoms with van der Waals surface area (Å²) >= 11 is 0. The second-order valence-corrected chi connectivity index (χ2v) is 5.75. The number of esters is 1. The van der Waals surface area contributed by atoms with Gasteiger partial charge in [-0.2, -0.15) is 0 Å². The molecule has 1 saturated carbocycles. The Labute approximate surface area is 97.4 Å². The van der Waals surface area contributed by atoms with Crippen molar-refractivity contribution in [1.29, 1.82) is 0 Å². The van der Waals surface area contributed by atoms with Gasteiger partial charge in [0, 0.05) is 12.6 Å². The van der Waals surface area contributed by atoms with E-state index in [0.717, 1.165) is 12.8 Å². The Morgan fingerprint density at radius 1 is 1.62 bits per heavy atom. The van der Waals surface area contributed by atoms with Crippen molar-refractivity contribution in [3.8, 4) is 0 Å². The van der Waals surface area contributed by atoms with E-state index in [0.29, 0.717) is 11.5 Å². The van der Waals surface area contributed by atoms with Crippen molar-refractivity contribution in [1.82, 2.24) is 5.32 Å². The molecule has 16 heavy (non-hydrogen) atoms. The van der Waals surface area contributed by atoms with E-state index in [4.69, 9.17) is 0 Å². The summed E-state index contributed by atoms with van der Waals surface area (Å²) in [5.41, 5.74) is -1.06. The van der Waals surface area contributed by atoms with Crippen molar-refractivity contribution in [2.45, 2.75) is 51.7 Å². The Hall–Kier alpha value is -0.610. The molecule has 0 heterocycles. The normalized spacial score (nSPS) is 27.4. The van der Waals surface area contributed by atoms with E-state index >= 15 is 0 Å². The molecule has 2 atom stereocenters. The largest absolute Gasteiger partial charge is 0.467 e. The number of carbonyl (C=O) groups excluding carboxylic acids is 1. The molecule has 0 amide bonds. The number of hydrogen-bond donors (Lipinski definition) is 2. The molecule has 1 aliphatic carbocycles. The first-order valence-corrected chi connectivity index (χ1v) is 5.81. The van der Waals surface area contributed by atoms with Gasteiger partial charge in [0.1, 0.15) is 0 Å². The molecule has 1 fully saturated rings. The van der Waals surface area contributed by atoms with E-state index in [2.05, 4.69) is 23.9 Å². The smallest absolute Gasteiger partial charge is 0.338 e. The topological polar surface area (TPSA) is 58.6 Å². The van der Waals surface area contributed by atoms with Gasteiger partial charge in [0.2, 0.25) is 0 Å². The quantitative estimate of drug-likeness (QED) is 0.708. The predicted molar refractivity (Wildman–Crippen MR) is 62.1 cm³/mol. The number of nitrogens with one attached hydrogen (secondary N) is 1. The van der Waals surface area contributed by atoms with Gasteiger partial charge in [-0.3, -0.25) is 0 Å². The molecule has 1 rings (SSSR count). The summed E-state index contributed by atoms with van der Waals surface area (Å²) in [6.07, 6.45) is 3.37. The molecule has 94 valence electrons. The molecule has 2 N–H and O–H groups in total. The fraction of sp³-hybridized carbons (Fsp3) is 0.917. The molecule has 1 aliphatic rings. The third-order valence-corrected chi connectivity index (χ3v) is 3.33. The highest BCUT2D eigenvalue weighted by Gasteiger charge is 2.35. The van der Waals surface area contributed by atoms with Crippen LogP contribution in [-0.2, 0) is 9.53 Å². The molecule has 0 saturated heterocycles. The van der Waals surface area contributed by atoms with Gasteiger partial charge in [-0.15, -0.1) is 0 Å². The molecule has 0 bridgehead atoms. The van der Waals surface area contributed by atoms with E-state index in [1.807, 2.05) is 0 Å². The average molecular weight is 229 g/mol. The van der Waals surface area contributed by atoms with Crippen molar-refractivity contribution in [3.05, 3.63) is 0 Å². The first-order valence-electron chi connectivity index (χ1n) is 5.81. The van der Waals surface area contributed by atoms with Gasteiger partial charge in [0.15, 0.2) is 5.60 Å². The van der Waals surface area contributed by atoms with Gasteiger partial charge in [-0.25, -0.2) is 4.79 Å². The van der Waals surface area contributed by atoms with Gasteiger partial charge in [-0.05, 0) is 31.6 Å². The van der Waals surface area contributed by atoms with E-state index in [1.54, 1.807) is 0 Å². The Morgan fingerprint density at radius 3 is 2.69 bits per heavy atom. The van der Waals surface area contributed by atoms with E-state index in [9.17, 15) is 9.90 Å². The molecule has 4 nitrogen and oxygen atoms in total. The molecule has 4 heteroatoms. The first kappa shape index (κ1) is 13.5. The SMILES string of the molecule is COC(=O)C(C)(O)CNC1CCC(C)(C)C1.